The Balaban J connectivity index is 1.73. The van der Waals surface area contributed by atoms with Gasteiger partial charge >= 0.3 is 12.0 Å². The molecule has 0 fully saturated rings. The average Bonchev–Trinajstić information content (AvgIpc) is 3.11. The molecule has 0 aliphatic carbocycles. The summed E-state index contributed by atoms with van der Waals surface area (Å²) in [6.45, 7) is 2.47. The van der Waals surface area contributed by atoms with E-state index in [1.54, 1.807) is 5.38 Å². The van der Waals surface area contributed by atoms with Gasteiger partial charge in [0.2, 0.25) is 0 Å². The zero-order chi connectivity index (χ0) is 19.2. The maximum absolute atomic E-state index is 12.4. The summed E-state index contributed by atoms with van der Waals surface area (Å²) in [6, 6.07) is 18.9. The highest BCUT2D eigenvalue weighted by Gasteiger charge is 2.20. The number of rotatable bonds is 6. The van der Waals surface area contributed by atoms with E-state index in [0.29, 0.717) is 17.8 Å². The largest absolute Gasteiger partial charge is 0.477 e. The highest BCUT2D eigenvalue weighted by Crippen LogP contribution is 2.36. The number of carboxylic acid groups (broad SMARTS) is 1. The van der Waals surface area contributed by atoms with Crippen LogP contribution in [0.5, 0.6) is 0 Å². The van der Waals surface area contributed by atoms with Crippen molar-refractivity contribution in [3.63, 3.8) is 0 Å². The standard InChI is InChI=1S/C21H20N2O3S/c1-14(15-8-4-2-5-9-15)12-22-21(26)23-18-17(13-27-19(18)20(24)25)16-10-6-3-7-11-16/h2-11,13-14H,12H2,1H3,(H,24,25)(H2,22,23,26). The summed E-state index contributed by atoms with van der Waals surface area (Å²) in [4.78, 5) is 24.0. The Labute approximate surface area is 161 Å². The van der Waals surface area contributed by atoms with Crippen LogP contribution in [-0.2, 0) is 0 Å². The van der Waals surface area contributed by atoms with Crippen molar-refractivity contribution in [2.24, 2.45) is 0 Å². The van der Waals surface area contributed by atoms with Gasteiger partial charge in [-0.1, -0.05) is 67.6 Å². The smallest absolute Gasteiger partial charge is 0.348 e. The van der Waals surface area contributed by atoms with E-state index in [-0.39, 0.29) is 10.8 Å². The highest BCUT2D eigenvalue weighted by atomic mass is 32.1. The number of nitrogens with one attached hydrogen (secondary N) is 2. The minimum absolute atomic E-state index is 0.111. The van der Waals surface area contributed by atoms with Gasteiger partial charge < -0.3 is 15.7 Å². The molecule has 2 amide bonds. The van der Waals surface area contributed by atoms with Crippen LogP contribution >= 0.6 is 11.3 Å². The number of carbonyl (C=O) groups excluding carboxylic acids is 1. The fourth-order valence-corrected chi connectivity index (χ4v) is 3.64. The summed E-state index contributed by atoms with van der Waals surface area (Å²) in [6.07, 6.45) is 0. The normalized spacial score (nSPS) is 11.6. The van der Waals surface area contributed by atoms with Crippen LogP contribution in [0.4, 0.5) is 10.5 Å². The third-order valence-electron chi connectivity index (χ3n) is 4.25. The molecule has 1 heterocycles. The van der Waals surface area contributed by atoms with Gasteiger partial charge in [-0.05, 0) is 17.0 Å². The number of thiophene rings is 1. The first kappa shape index (κ1) is 18.7. The lowest BCUT2D eigenvalue weighted by Gasteiger charge is -2.14. The summed E-state index contributed by atoms with van der Waals surface area (Å²) in [5, 5.41) is 16.7. The van der Waals surface area contributed by atoms with Gasteiger partial charge in [0, 0.05) is 17.5 Å². The molecule has 0 bridgehead atoms. The predicted octanol–water partition coefficient (Wildman–Crippen LogP) is 5.04. The zero-order valence-corrected chi connectivity index (χ0v) is 15.6. The van der Waals surface area contributed by atoms with Gasteiger partial charge in [0.1, 0.15) is 4.88 Å². The summed E-state index contributed by atoms with van der Waals surface area (Å²) < 4.78 is 0. The molecule has 0 spiro atoms. The fourth-order valence-electron chi connectivity index (χ4n) is 2.77. The Morgan fingerprint density at radius 1 is 1.04 bits per heavy atom. The number of aromatic carboxylic acids is 1. The number of urea groups is 1. The molecular formula is C21H20N2O3S. The van der Waals surface area contributed by atoms with E-state index in [1.807, 2.05) is 67.6 Å². The SMILES string of the molecule is CC(CNC(=O)Nc1c(-c2ccccc2)csc1C(=O)O)c1ccccc1. The molecule has 0 saturated carbocycles. The minimum atomic E-state index is -1.06. The minimum Gasteiger partial charge on any atom is -0.477 e. The van der Waals surface area contributed by atoms with Crippen molar-refractivity contribution in [3.05, 3.63) is 76.5 Å². The van der Waals surface area contributed by atoms with Gasteiger partial charge in [-0.3, -0.25) is 0 Å². The molecule has 5 nitrogen and oxygen atoms in total. The van der Waals surface area contributed by atoms with Gasteiger partial charge in [0.25, 0.3) is 0 Å². The van der Waals surface area contributed by atoms with Gasteiger partial charge in [-0.2, -0.15) is 0 Å². The van der Waals surface area contributed by atoms with Crippen molar-refractivity contribution >= 4 is 29.0 Å². The molecule has 3 aromatic rings. The fraction of sp³-hybridized carbons (Fsp3) is 0.143. The van der Waals surface area contributed by atoms with E-state index < -0.39 is 12.0 Å². The first-order valence-electron chi connectivity index (χ1n) is 8.56. The van der Waals surface area contributed by atoms with E-state index in [9.17, 15) is 14.7 Å². The van der Waals surface area contributed by atoms with Crippen molar-refractivity contribution in [1.82, 2.24) is 5.32 Å². The van der Waals surface area contributed by atoms with Crippen LogP contribution in [0.3, 0.4) is 0 Å². The highest BCUT2D eigenvalue weighted by molar-refractivity contribution is 7.13. The van der Waals surface area contributed by atoms with E-state index >= 15 is 0 Å². The van der Waals surface area contributed by atoms with Crippen LogP contribution in [0.15, 0.2) is 66.0 Å². The molecule has 3 rings (SSSR count). The number of hydrogen-bond acceptors (Lipinski definition) is 3. The molecule has 0 aliphatic heterocycles. The Kier molecular flexibility index (Phi) is 5.88. The van der Waals surface area contributed by atoms with Gasteiger partial charge in [0.15, 0.2) is 0 Å². The van der Waals surface area contributed by atoms with Crippen molar-refractivity contribution < 1.29 is 14.7 Å². The summed E-state index contributed by atoms with van der Waals surface area (Å²) in [7, 11) is 0. The van der Waals surface area contributed by atoms with Crippen LogP contribution in [0.25, 0.3) is 11.1 Å². The number of carboxylic acids is 1. The third-order valence-corrected chi connectivity index (χ3v) is 5.21. The van der Waals surface area contributed by atoms with Crippen molar-refractivity contribution in [1.29, 1.82) is 0 Å². The molecular weight excluding hydrogens is 360 g/mol. The Morgan fingerprint density at radius 2 is 1.67 bits per heavy atom. The number of amides is 2. The first-order valence-corrected chi connectivity index (χ1v) is 9.44. The Morgan fingerprint density at radius 3 is 2.30 bits per heavy atom. The van der Waals surface area contributed by atoms with Crippen molar-refractivity contribution in [3.8, 4) is 11.1 Å². The molecule has 138 valence electrons. The number of hydrogen-bond donors (Lipinski definition) is 3. The van der Waals surface area contributed by atoms with Crippen LogP contribution < -0.4 is 10.6 Å². The molecule has 1 aromatic heterocycles. The second-order valence-corrected chi connectivity index (χ2v) is 7.05. The topological polar surface area (TPSA) is 78.4 Å². The molecule has 3 N–H and O–H groups in total. The van der Waals surface area contributed by atoms with E-state index in [2.05, 4.69) is 10.6 Å². The van der Waals surface area contributed by atoms with Crippen molar-refractivity contribution in [2.45, 2.75) is 12.8 Å². The van der Waals surface area contributed by atoms with Gasteiger partial charge in [-0.25, -0.2) is 9.59 Å². The lowest BCUT2D eigenvalue weighted by atomic mass is 10.0. The molecule has 27 heavy (non-hydrogen) atoms. The summed E-state index contributed by atoms with van der Waals surface area (Å²) >= 11 is 1.10. The summed E-state index contributed by atoms with van der Waals surface area (Å²) in [5.74, 6) is -0.915. The molecule has 1 atom stereocenters. The maximum Gasteiger partial charge on any atom is 0.348 e. The lowest BCUT2D eigenvalue weighted by molar-refractivity contribution is 0.0703. The monoisotopic (exact) mass is 380 g/mol. The van der Waals surface area contributed by atoms with E-state index in [1.165, 1.54) is 0 Å². The van der Waals surface area contributed by atoms with E-state index in [0.717, 1.165) is 22.5 Å². The number of benzene rings is 2. The second-order valence-electron chi connectivity index (χ2n) is 6.17. The summed E-state index contributed by atoms with van der Waals surface area (Å²) in [5.41, 5.74) is 3.01. The molecule has 0 saturated heterocycles. The van der Waals surface area contributed by atoms with Crippen LogP contribution in [0.2, 0.25) is 0 Å². The molecule has 1 unspecified atom stereocenters. The van der Waals surface area contributed by atoms with Crippen LogP contribution in [-0.4, -0.2) is 23.7 Å². The van der Waals surface area contributed by atoms with Gasteiger partial charge in [0.05, 0.1) is 5.69 Å². The quantitative estimate of drug-likeness (QED) is 0.561. The number of carbonyl (C=O) groups is 2. The average molecular weight is 380 g/mol. The number of anilines is 1. The zero-order valence-electron chi connectivity index (χ0n) is 14.8. The predicted molar refractivity (Wildman–Crippen MR) is 109 cm³/mol. The molecule has 0 aliphatic rings. The Bertz CT molecular complexity index is 923. The van der Waals surface area contributed by atoms with Gasteiger partial charge in [-0.15, -0.1) is 11.3 Å². The molecule has 2 aromatic carbocycles. The van der Waals surface area contributed by atoms with E-state index in [4.69, 9.17) is 0 Å². The first-order chi connectivity index (χ1) is 13.1. The maximum atomic E-state index is 12.4. The third kappa shape index (κ3) is 4.54. The molecule has 6 heteroatoms. The lowest BCUT2D eigenvalue weighted by Crippen LogP contribution is -2.32. The van der Waals surface area contributed by atoms with Crippen LogP contribution in [0.1, 0.15) is 28.1 Å². The Hall–Kier alpha value is -3.12. The van der Waals surface area contributed by atoms with Crippen LogP contribution in [0, 0.1) is 0 Å². The molecule has 0 radical (unpaired) electrons. The van der Waals surface area contributed by atoms with Crippen molar-refractivity contribution in [2.75, 3.05) is 11.9 Å². The second kappa shape index (κ2) is 8.51.